The van der Waals surface area contributed by atoms with Gasteiger partial charge in [0.25, 0.3) is 6.43 Å². The summed E-state index contributed by atoms with van der Waals surface area (Å²) >= 11 is 0. The van der Waals surface area contributed by atoms with Crippen LogP contribution < -0.4 is 10.1 Å². The van der Waals surface area contributed by atoms with Crippen molar-refractivity contribution in [3.05, 3.63) is 29.3 Å². The summed E-state index contributed by atoms with van der Waals surface area (Å²) in [5.74, 6) is 0.812. The molecule has 0 saturated heterocycles. The highest BCUT2D eigenvalue weighted by Crippen LogP contribution is 2.32. The zero-order chi connectivity index (χ0) is 13.8. The Morgan fingerprint density at radius 3 is 2.95 bits per heavy atom. The Kier molecular flexibility index (Phi) is 4.71. The third-order valence-electron chi connectivity index (χ3n) is 3.53. The second-order valence-electron chi connectivity index (χ2n) is 4.82. The van der Waals surface area contributed by atoms with Gasteiger partial charge in [0.1, 0.15) is 11.9 Å². The fourth-order valence-electron chi connectivity index (χ4n) is 2.48. The number of hydrogen-bond donors (Lipinski definition) is 2. The summed E-state index contributed by atoms with van der Waals surface area (Å²) in [5, 5.41) is 12.2. The molecule has 1 aliphatic carbocycles. The molecule has 1 aromatic carbocycles. The lowest BCUT2D eigenvalue weighted by Gasteiger charge is -2.27. The van der Waals surface area contributed by atoms with Crippen LogP contribution in [0.4, 0.5) is 8.78 Å². The van der Waals surface area contributed by atoms with Crippen LogP contribution >= 0.6 is 0 Å². The molecule has 0 saturated carbocycles. The molecule has 1 aromatic rings. The quantitative estimate of drug-likeness (QED) is 0.863. The highest BCUT2D eigenvalue weighted by molar-refractivity contribution is 5.39. The average Bonchev–Trinajstić information content (AvgIpc) is 2.43. The number of aryl methyl sites for hydroxylation is 1. The zero-order valence-electron chi connectivity index (χ0n) is 10.9. The maximum absolute atomic E-state index is 12.3. The first-order valence-electron chi connectivity index (χ1n) is 6.48. The predicted octanol–water partition coefficient (Wildman–Crippen LogP) is 2.29. The lowest BCUT2D eigenvalue weighted by atomic mass is 9.87. The van der Waals surface area contributed by atoms with E-state index in [1.165, 1.54) is 5.56 Å². The standard InChI is InChI=1S/C14H19F2NO2/c1-19-10-5-6-11-9(7-10)3-2-4-12(11)17-8-13(18)14(15)16/h5-7,12-14,17-18H,2-4,8H2,1H3. The minimum Gasteiger partial charge on any atom is -0.497 e. The number of fused-ring (bicyclic) bond motifs is 1. The minimum atomic E-state index is -2.70. The smallest absolute Gasteiger partial charge is 0.265 e. The molecule has 0 bridgehead atoms. The summed E-state index contributed by atoms with van der Waals surface area (Å²) in [7, 11) is 1.62. The van der Waals surface area contributed by atoms with Crippen LogP contribution in [-0.2, 0) is 6.42 Å². The second-order valence-corrected chi connectivity index (χ2v) is 4.82. The van der Waals surface area contributed by atoms with E-state index in [-0.39, 0.29) is 12.6 Å². The van der Waals surface area contributed by atoms with Crippen LogP contribution in [0.3, 0.4) is 0 Å². The van der Waals surface area contributed by atoms with Crippen molar-refractivity contribution in [3.8, 4) is 5.75 Å². The third-order valence-corrected chi connectivity index (χ3v) is 3.53. The van der Waals surface area contributed by atoms with Crippen LogP contribution in [0.5, 0.6) is 5.75 Å². The molecule has 2 N–H and O–H groups in total. The summed E-state index contributed by atoms with van der Waals surface area (Å²) < 4.78 is 29.7. The van der Waals surface area contributed by atoms with Crippen molar-refractivity contribution < 1.29 is 18.6 Å². The molecule has 0 aromatic heterocycles. The van der Waals surface area contributed by atoms with Gasteiger partial charge in [0.15, 0.2) is 0 Å². The predicted molar refractivity (Wildman–Crippen MR) is 68.7 cm³/mol. The minimum absolute atomic E-state index is 0.0306. The zero-order valence-corrected chi connectivity index (χ0v) is 10.9. The van der Waals surface area contributed by atoms with Crippen LogP contribution in [0.15, 0.2) is 18.2 Å². The van der Waals surface area contributed by atoms with Crippen molar-refractivity contribution in [1.29, 1.82) is 0 Å². The van der Waals surface area contributed by atoms with E-state index in [1.807, 2.05) is 18.2 Å². The van der Waals surface area contributed by atoms with E-state index in [0.29, 0.717) is 0 Å². The van der Waals surface area contributed by atoms with E-state index in [0.717, 1.165) is 30.6 Å². The van der Waals surface area contributed by atoms with E-state index < -0.39 is 12.5 Å². The highest BCUT2D eigenvalue weighted by Gasteiger charge is 2.23. The highest BCUT2D eigenvalue weighted by atomic mass is 19.3. The molecule has 2 atom stereocenters. The summed E-state index contributed by atoms with van der Waals surface area (Å²) in [6.07, 6.45) is -1.44. The molecule has 19 heavy (non-hydrogen) atoms. The molecule has 0 aliphatic heterocycles. The van der Waals surface area contributed by atoms with Gasteiger partial charge in [-0.05, 0) is 42.5 Å². The summed E-state index contributed by atoms with van der Waals surface area (Å²) in [6.45, 7) is -0.0895. The van der Waals surface area contributed by atoms with Crippen LogP contribution in [0, 0.1) is 0 Å². The third kappa shape index (κ3) is 3.42. The van der Waals surface area contributed by atoms with Crippen molar-refractivity contribution in [2.24, 2.45) is 0 Å². The molecule has 0 spiro atoms. The number of alkyl halides is 2. The summed E-state index contributed by atoms with van der Waals surface area (Å²) in [4.78, 5) is 0. The van der Waals surface area contributed by atoms with Crippen molar-refractivity contribution in [2.45, 2.75) is 37.8 Å². The van der Waals surface area contributed by atoms with Crippen molar-refractivity contribution in [2.75, 3.05) is 13.7 Å². The van der Waals surface area contributed by atoms with Gasteiger partial charge < -0.3 is 15.2 Å². The maximum atomic E-state index is 12.3. The van der Waals surface area contributed by atoms with Crippen molar-refractivity contribution >= 4 is 0 Å². The van der Waals surface area contributed by atoms with E-state index in [1.54, 1.807) is 7.11 Å². The Morgan fingerprint density at radius 2 is 2.26 bits per heavy atom. The lowest BCUT2D eigenvalue weighted by Crippen LogP contribution is -2.35. The van der Waals surface area contributed by atoms with E-state index in [9.17, 15) is 8.78 Å². The van der Waals surface area contributed by atoms with E-state index >= 15 is 0 Å². The molecule has 0 amide bonds. The van der Waals surface area contributed by atoms with Gasteiger partial charge in [0.2, 0.25) is 0 Å². The Hall–Kier alpha value is -1.20. The molecule has 106 valence electrons. The van der Waals surface area contributed by atoms with Crippen LogP contribution in [0.25, 0.3) is 0 Å². The molecule has 3 nitrogen and oxygen atoms in total. The normalized spacial score (nSPS) is 20.2. The topological polar surface area (TPSA) is 41.5 Å². The first-order chi connectivity index (χ1) is 9.11. The van der Waals surface area contributed by atoms with Gasteiger partial charge in [-0.15, -0.1) is 0 Å². The van der Waals surface area contributed by atoms with Gasteiger partial charge >= 0.3 is 0 Å². The maximum Gasteiger partial charge on any atom is 0.265 e. The number of hydrogen-bond acceptors (Lipinski definition) is 3. The Balaban J connectivity index is 2.05. The first kappa shape index (κ1) is 14.2. The number of benzene rings is 1. The molecular formula is C14H19F2NO2. The molecule has 2 unspecified atom stereocenters. The average molecular weight is 271 g/mol. The molecule has 1 aliphatic rings. The lowest BCUT2D eigenvalue weighted by molar-refractivity contribution is -0.00490. The van der Waals surface area contributed by atoms with Crippen molar-refractivity contribution in [3.63, 3.8) is 0 Å². The van der Waals surface area contributed by atoms with Gasteiger partial charge in [-0.3, -0.25) is 0 Å². The number of nitrogens with one attached hydrogen (secondary N) is 1. The number of methoxy groups -OCH3 is 1. The number of aliphatic hydroxyl groups is 1. The van der Waals surface area contributed by atoms with Gasteiger partial charge in [0.05, 0.1) is 7.11 Å². The van der Waals surface area contributed by atoms with Gasteiger partial charge in [-0.25, -0.2) is 8.78 Å². The Morgan fingerprint density at radius 1 is 1.47 bits per heavy atom. The first-order valence-corrected chi connectivity index (χ1v) is 6.48. The molecule has 0 heterocycles. The van der Waals surface area contributed by atoms with E-state index in [2.05, 4.69) is 5.32 Å². The number of rotatable bonds is 5. The second kappa shape index (κ2) is 6.30. The number of ether oxygens (including phenoxy) is 1. The van der Waals surface area contributed by atoms with Crippen LogP contribution in [0.2, 0.25) is 0 Å². The number of halogens is 2. The molecular weight excluding hydrogens is 252 g/mol. The Labute approximate surface area is 111 Å². The Bertz CT molecular complexity index is 426. The van der Waals surface area contributed by atoms with Crippen LogP contribution in [0.1, 0.15) is 30.0 Å². The summed E-state index contributed by atoms with van der Waals surface area (Å²) in [5.41, 5.74) is 2.31. The number of aliphatic hydroxyl groups excluding tert-OH is 1. The van der Waals surface area contributed by atoms with Gasteiger partial charge in [-0.2, -0.15) is 0 Å². The SMILES string of the molecule is COc1ccc2c(c1)CCCC2NCC(O)C(F)F. The fourth-order valence-corrected chi connectivity index (χ4v) is 2.48. The van der Waals surface area contributed by atoms with Crippen molar-refractivity contribution in [1.82, 2.24) is 5.32 Å². The molecule has 0 radical (unpaired) electrons. The van der Waals surface area contributed by atoms with Crippen LogP contribution in [-0.4, -0.2) is 31.3 Å². The molecule has 0 fully saturated rings. The molecule has 2 rings (SSSR count). The molecule has 5 heteroatoms. The van der Waals surface area contributed by atoms with Gasteiger partial charge in [0, 0.05) is 12.6 Å². The fraction of sp³-hybridized carbons (Fsp3) is 0.571. The largest absolute Gasteiger partial charge is 0.497 e. The van der Waals surface area contributed by atoms with E-state index in [4.69, 9.17) is 9.84 Å². The summed E-state index contributed by atoms with van der Waals surface area (Å²) in [6, 6.07) is 5.87. The van der Waals surface area contributed by atoms with Gasteiger partial charge in [-0.1, -0.05) is 6.07 Å². The monoisotopic (exact) mass is 271 g/mol.